The summed E-state index contributed by atoms with van der Waals surface area (Å²) in [4.78, 5) is 29.0. The zero-order valence-electron chi connectivity index (χ0n) is 18.0. The van der Waals surface area contributed by atoms with Crippen LogP contribution in [0, 0.1) is 5.92 Å². The molecule has 172 valence electrons. The maximum atomic E-state index is 13.2. The fourth-order valence-corrected chi connectivity index (χ4v) is 6.79. The lowest BCUT2D eigenvalue weighted by atomic mass is 9.83. The molecule has 5 rings (SSSR count). The number of rotatable bonds is 6. The minimum atomic E-state index is -3.72. The monoisotopic (exact) mass is 483 g/mol. The highest BCUT2D eigenvalue weighted by molar-refractivity contribution is 7.91. The van der Waals surface area contributed by atoms with Crippen LogP contribution in [0.15, 0.2) is 64.8 Å². The lowest BCUT2D eigenvalue weighted by molar-refractivity contribution is -0.133. The Hall–Kier alpha value is -2.91. The van der Waals surface area contributed by atoms with Crippen molar-refractivity contribution in [2.45, 2.75) is 31.1 Å². The summed E-state index contributed by atoms with van der Waals surface area (Å²) in [6, 6.07) is 16.2. The van der Waals surface area contributed by atoms with E-state index in [1.54, 1.807) is 46.2 Å². The van der Waals surface area contributed by atoms with Gasteiger partial charge in [0.1, 0.15) is 5.69 Å². The van der Waals surface area contributed by atoms with E-state index in [1.807, 2.05) is 34.5 Å². The summed E-state index contributed by atoms with van der Waals surface area (Å²) in [6.07, 6.45) is 1.34. The van der Waals surface area contributed by atoms with Crippen molar-refractivity contribution in [3.8, 4) is 0 Å². The predicted molar refractivity (Wildman–Crippen MR) is 129 cm³/mol. The van der Waals surface area contributed by atoms with Crippen molar-refractivity contribution in [1.82, 2.24) is 9.47 Å². The molecule has 0 radical (unpaired) electrons. The van der Waals surface area contributed by atoms with Gasteiger partial charge in [-0.2, -0.15) is 0 Å². The molecule has 0 saturated carbocycles. The molecule has 4 heterocycles. The molecule has 1 fully saturated rings. The molecule has 2 aromatic heterocycles. The van der Waals surface area contributed by atoms with Gasteiger partial charge >= 0.3 is 0 Å². The number of amides is 1. The van der Waals surface area contributed by atoms with Crippen LogP contribution in [0.1, 0.15) is 28.5 Å². The molecule has 2 atom stereocenters. The van der Waals surface area contributed by atoms with Gasteiger partial charge in [-0.1, -0.05) is 36.4 Å². The van der Waals surface area contributed by atoms with Gasteiger partial charge in [0, 0.05) is 36.1 Å². The molecule has 2 aliphatic heterocycles. The number of thiophene rings is 1. The first-order chi connectivity index (χ1) is 15.9. The van der Waals surface area contributed by atoms with Crippen molar-refractivity contribution in [3.05, 3.63) is 86.5 Å². The first kappa shape index (κ1) is 21.9. The molecule has 7 nitrogen and oxygen atoms in total. The third-order valence-electron chi connectivity index (χ3n) is 6.33. The van der Waals surface area contributed by atoms with Gasteiger partial charge in [0.05, 0.1) is 12.2 Å². The van der Waals surface area contributed by atoms with E-state index >= 15 is 0 Å². The van der Waals surface area contributed by atoms with E-state index in [4.69, 9.17) is 0 Å². The number of sulfonamides is 1. The highest BCUT2D eigenvalue weighted by atomic mass is 32.2. The molecule has 1 N–H and O–H groups in total. The molecular weight excluding hydrogens is 458 g/mol. The number of nitrogens with one attached hydrogen (secondary N) is 1. The average Bonchev–Trinajstić information content (AvgIpc) is 3.29. The molecule has 0 unspecified atom stereocenters. The second-order valence-corrected chi connectivity index (χ2v) is 11.5. The lowest BCUT2D eigenvalue weighted by Gasteiger charge is -2.43. The molecule has 33 heavy (non-hydrogen) atoms. The van der Waals surface area contributed by atoms with Crippen LogP contribution in [-0.2, 0) is 33.5 Å². The van der Waals surface area contributed by atoms with Crippen LogP contribution in [-0.4, -0.2) is 36.9 Å². The van der Waals surface area contributed by atoms with Crippen LogP contribution < -0.4 is 10.3 Å². The standard InChI is InChI=1S/C24H25N3O4S2/c28-23(12-20-7-4-10-32-20)26-13-18-11-19(15-26)22-9-8-21(24(29)27(22)14-18)25-33(30,31)16-17-5-2-1-3-6-17/h1-10,18-19,25H,11-16H2/t18-,19-/m1/s1. The quantitative estimate of drug-likeness (QED) is 0.584. The molecule has 1 saturated heterocycles. The van der Waals surface area contributed by atoms with E-state index in [0.29, 0.717) is 31.6 Å². The second-order valence-electron chi connectivity index (χ2n) is 8.79. The Morgan fingerprint density at radius 3 is 2.61 bits per heavy atom. The van der Waals surface area contributed by atoms with Crippen molar-refractivity contribution < 1.29 is 13.2 Å². The number of fused-ring (bicyclic) bond motifs is 4. The Morgan fingerprint density at radius 1 is 1.03 bits per heavy atom. The number of hydrogen-bond donors (Lipinski definition) is 1. The van der Waals surface area contributed by atoms with Gasteiger partial charge in [-0.3, -0.25) is 14.3 Å². The first-order valence-electron chi connectivity index (χ1n) is 11.0. The highest BCUT2D eigenvalue weighted by Gasteiger charge is 2.36. The number of likely N-dealkylation sites (tertiary alicyclic amines) is 1. The Labute approximate surface area is 196 Å². The molecule has 3 aromatic rings. The summed E-state index contributed by atoms with van der Waals surface area (Å²) in [5.41, 5.74) is 1.28. The van der Waals surface area contributed by atoms with Crippen LogP contribution >= 0.6 is 11.3 Å². The number of carbonyl (C=O) groups excluding carboxylic acids is 1. The maximum Gasteiger partial charge on any atom is 0.275 e. The number of anilines is 1. The zero-order chi connectivity index (χ0) is 23.0. The first-order valence-corrected chi connectivity index (χ1v) is 13.5. The maximum absolute atomic E-state index is 13.2. The van der Waals surface area contributed by atoms with Gasteiger partial charge in [0.2, 0.25) is 15.9 Å². The third-order valence-corrected chi connectivity index (χ3v) is 8.45. The lowest BCUT2D eigenvalue weighted by Crippen LogP contribution is -2.49. The largest absolute Gasteiger partial charge is 0.341 e. The van der Waals surface area contributed by atoms with Crippen molar-refractivity contribution >= 4 is 33.0 Å². The van der Waals surface area contributed by atoms with E-state index in [9.17, 15) is 18.0 Å². The fourth-order valence-electron chi connectivity index (χ4n) is 4.90. The Bertz CT molecular complexity index is 1320. The Kier molecular flexibility index (Phi) is 5.84. The van der Waals surface area contributed by atoms with Crippen LogP contribution in [0.5, 0.6) is 0 Å². The fraction of sp³-hybridized carbons (Fsp3) is 0.333. The smallest absolute Gasteiger partial charge is 0.275 e. The van der Waals surface area contributed by atoms with Crippen molar-refractivity contribution in [1.29, 1.82) is 0 Å². The number of pyridine rings is 1. The van der Waals surface area contributed by atoms with Crippen LogP contribution in [0.4, 0.5) is 5.69 Å². The zero-order valence-corrected chi connectivity index (χ0v) is 19.6. The summed E-state index contributed by atoms with van der Waals surface area (Å²) in [6.45, 7) is 1.69. The van der Waals surface area contributed by atoms with Gasteiger partial charge in [0.25, 0.3) is 5.56 Å². The molecule has 1 aromatic carbocycles. The third kappa shape index (κ3) is 4.74. The van der Waals surface area contributed by atoms with Crippen molar-refractivity contribution in [2.75, 3.05) is 17.8 Å². The van der Waals surface area contributed by atoms with Gasteiger partial charge in [-0.15, -0.1) is 11.3 Å². The van der Waals surface area contributed by atoms with Crippen LogP contribution in [0.25, 0.3) is 0 Å². The van der Waals surface area contributed by atoms with E-state index < -0.39 is 10.0 Å². The normalized spacial score (nSPS) is 19.7. The molecule has 1 amide bonds. The van der Waals surface area contributed by atoms with E-state index in [1.165, 1.54) is 0 Å². The number of benzene rings is 1. The van der Waals surface area contributed by atoms with Crippen molar-refractivity contribution in [2.24, 2.45) is 5.92 Å². The van der Waals surface area contributed by atoms with Gasteiger partial charge < -0.3 is 9.47 Å². The van der Waals surface area contributed by atoms with Gasteiger partial charge in [-0.25, -0.2) is 8.42 Å². The SMILES string of the molecule is O=C(Cc1cccs1)N1C[C@H]2C[C@H](C1)c1ccc(NS(=O)(=O)Cc3ccccc3)c(=O)n1C2. The minimum absolute atomic E-state index is 0.0697. The van der Waals surface area contributed by atoms with E-state index in [-0.39, 0.29) is 34.7 Å². The molecule has 0 spiro atoms. The summed E-state index contributed by atoms with van der Waals surface area (Å²) in [7, 11) is -3.72. The second kappa shape index (κ2) is 8.79. The minimum Gasteiger partial charge on any atom is -0.341 e. The Balaban J connectivity index is 1.33. The molecular formula is C24H25N3O4S2. The molecule has 2 aliphatic rings. The average molecular weight is 484 g/mol. The van der Waals surface area contributed by atoms with Gasteiger partial charge in [0.15, 0.2) is 0 Å². The van der Waals surface area contributed by atoms with E-state index in [0.717, 1.165) is 17.0 Å². The van der Waals surface area contributed by atoms with Crippen LogP contribution in [0.3, 0.4) is 0 Å². The van der Waals surface area contributed by atoms with E-state index in [2.05, 4.69) is 4.72 Å². The number of nitrogens with zero attached hydrogens (tertiary/aromatic N) is 2. The molecule has 2 bridgehead atoms. The molecule has 0 aliphatic carbocycles. The summed E-state index contributed by atoms with van der Waals surface area (Å²) in [5, 5.41) is 1.97. The number of piperidine rings is 1. The summed E-state index contributed by atoms with van der Waals surface area (Å²) >= 11 is 1.58. The van der Waals surface area contributed by atoms with Gasteiger partial charge in [-0.05, 0) is 41.5 Å². The summed E-state index contributed by atoms with van der Waals surface area (Å²) in [5.74, 6) is 0.180. The number of aromatic nitrogens is 1. The molecule has 9 heteroatoms. The Morgan fingerprint density at radius 2 is 1.85 bits per heavy atom. The number of hydrogen-bond acceptors (Lipinski definition) is 5. The summed E-state index contributed by atoms with van der Waals surface area (Å²) < 4.78 is 29.4. The number of carbonyl (C=O) groups is 1. The topological polar surface area (TPSA) is 88.5 Å². The van der Waals surface area contributed by atoms with Crippen LogP contribution in [0.2, 0.25) is 0 Å². The van der Waals surface area contributed by atoms with Crippen molar-refractivity contribution in [3.63, 3.8) is 0 Å². The predicted octanol–water partition coefficient (Wildman–Crippen LogP) is 3.04. The highest BCUT2D eigenvalue weighted by Crippen LogP contribution is 2.35.